The van der Waals surface area contributed by atoms with E-state index in [1.807, 2.05) is 36.9 Å². The van der Waals surface area contributed by atoms with Crippen LogP contribution in [0.15, 0.2) is 36.4 Å². The molecule has 0 bridgehead atoms. The van der Waals surface area contributed by atoms with Gasteiger partial charge >= 0.3 is 5.97 Å². The number of nitro groups is 1. The van der Waals surface area contributed by atoms with Crippen molar-refractivity contribution in [3.8, 4) is 0 Å². The number of rotatable bonds is 6. The Balaban J connectivity index is 1.68. The summed E-state index contributed by atoms with van der Waals surface area (Å²) in [5.41, 5.74) is 2.91. The summed E-state index contributed by atoms with van der Waals surface area (Å²) in [6, 6.07) is 9.98. The van der Waals surface area contributed by atoms with Gasteiger partial charge in [0, 0.05) is 24.8 Å². The molecule has 1 heterocycles. The van der Waals surface area contributed by atoms with E-state index >= 15 is 0 Å². The van der Waals surface area contributed by atoms with E-state index in [4.69, 9.17) is 4.74 Å². The minimum atomic E-state index is -0.776. The second-order valence-electron chi connectivity index (χ2n) is 7.75. The topological polar surface area (TPSA) is 102 Å². The Hall–Kier alpha value is -3.42. The summed E-state index contributed by atoms with van der Waals surface area (Å²) in [5, 5.41) is 14.4. The number of esters is 1. The van der Waals surface area contributed by atoms with Gasteiger partial charge < -0.3 is 15.0 Å². The highest BCUT2D eigenvalue weighted by molar-refractivity contribution is 5.97. The van der Waals surface area contributed by atoms with Crippen molar-refractivity contribution in [2.75, 3.05) is 29.9 Å². The highest BCUT2D eigenvalue weighted by Gasteiger charge is 2.23. The van der Waals surface area contributed by atoms with Gasteiger partial charge in [0.15, 0.2) is 6.61 Å². The molecule has 31 heavy (non-hydrogen) atoms. The van der Waals surface area contributed by atoms with Crippen LogP contribution in [0.3, 0.4) is 0 Å². The lowest BCUT2D eigenvalue weighted by atomic mass is 10.1. The minimum Gasteiger partial charge on any atom is -0.452 e. The number of anilines is 2. The summed E-state index contributed by atoms with van der Waals surface area (Å²) in [6.45, 7) is 4.78. The van der Waals surface area contributed by atoms with Crippen molar-refractivity contribution in [1.29, 1.82) is 0 Å². The van der Waals surface area contributed by atoms with Crippen LogP contribution < -0.4 is 10.2 Å². The third-order valence-corrected chi connectivity index (χ3v) is 5.43. The third-order valence-electron chi connectivity index (χ3n) is 5.43. The maximum Gasteiger partial charge on any atom is 0.338 e. The Morgan fingerprint density at radius 3 is 2.32 bits per heavy atom. The average molecular weight is 425 g/mol. The molecule has 0 spiro atoms. The minimum absolute atomic E-state index is 0.0464. The van der Waals surface area contributed by atoms with Gasteiger partial charge in [0.2, 0.25) is 0 Å². The molecule has 0 aliphatic carbocycles. The van der Waals surface area contributed by atoms with Crippen molar-refractivity contribution in [1.82, 2.24) is 0 Å². The lowest BCUT2D eigenvalue weighted by molar-refractivity contribution is -0.384. The third kappa shape index (κ3) is 5.59. The maximum absolute atomic E-state index is 12.4. The second-order valence-corrected chi connectivity index (χ2v) is 7.75. The number of carbonyl (C=O) groups is 2. The van der Waals surface area contributed by atoms with E-state index in [0.717, 1.165) is 49.9 Å². The van der Waals surface area contributed by atoms with Crippen molar-refractivity contribution < 1.29 is 19.2 Å². The molecule has 1 amide bonds. The van der Waals surface area contributed by atoms with Gasteiger partial charge in [0.1, 0.15) is 5.69 Å². The molecule has 8 heteroatoms. The molecule has 3 rings (SSSR count). The summed E-state index contributed by atoms with van der Waals surface area (Å²) >= 11 is 0. The van der Waals surface area contributed by atoms with Gasteiger partial charge in [-0.15, -0.1) is 0 Å². The Labute approximate surface area is 181 Å². The molecule has 1 fully saturated rings. The molecule has 164 valence electrons. The highest BCUT2D eigenvalue weighted by Crippen LogP contribution is 2.31. The summed E-state index contributed by atoms with van der Waals surface area (Å²) in [6.07, 6.45) is 4.18. The van der Waals surface area contributed by atoms with Crippen molar-refractivity contribution in [3.05, 3.63) is 63.2 Å². The molecule has 0 unspecified atom stereocenters. The first kappa shape index (κ1) is 22.3. The molecule has 1 aliphatic heterocycles. The molecular weight excluding hydrogens is 398 g/mol. The van der Waals surface area contributed by atoms with Crippen LogP contribution in [0.5, 0.6) is 0 Å². The van der Waals surface area contributed by atoms with Crippen LogP contribution in [0, 0.1) is 24.0 Å². The molecule has 1 aliphatic rings. The largest absolute Gasteiger partial charge is 0.452 e. The fourth-order valence-corrected chi connectivity index (χ4v) is 3.78. The number of nitrogens with zero attached hydrogens (tertiary/aromatic N) is 2. The van der Waals surface area contributed by atoms with Crippen LogP contribution in [0.4, 0.5) is 17.1 Å². The standard InChI is InChI=1S/C23H27N3O5/c1-16-8-7-9-17(2)22(16)24-21(27)15-31-23(28)18-10-11-19(20(14-18)26(29)30)25-12-5-3-4-6-13-25/h7-11,14H,3-6,12-13,15H2,1-2H3,(H,24,27). The van der Waals surface area contributed by atoms with E-state index < -0.39 is 23.4 Å². The fourth-order valence-electron chi connectivity index (χ4n) is 3.78. The Kier molecular flexibility index (Phi) is 7.23. The van der Waals surface area contributed by atoms with Crippen LogP contribution in [-0.2, 0) is 9.53 Å². The van der Waals surface area contributed by atoms with Gasteiger partial charge in [0.25, 0.3) is 11.6 Å². The predicted molar refractivity (Wildman–Crippen MR) is 119 cm³/mol. The monoisotopic (exact) mass is 425 g/mol. The first-order valence-corrected chi connectivity index (χ1v) is 10.4. The van der Waals surface area contributed by atoms with E-state index in [-0.39, 0.29) is 11.3 Å². The van der Waals surface area contributed by atoms with Crippen LogP contribution >= 0.6 is 0 Å². The second kappa shape index (κ2) is 10.1. The number of ether oxygens (including phenoxy) is 1. The number of para-hydroxylation sites is 1. The van der Waals surface area contributed by atoms with Gasteiger partial charge in [-0.05, 0) is 49.9 Å². The zero-order valence-corrected chi connectivity index (χ0v) is 17.8. The number of benzene rings is 2. The lowest BCUT2D eigenvalue weighted by Gasteiger charge is -2.22. The van der Waals surface area contributed by atoms with Crippen LogP contribution in [-0.4, -0.2) is 36.5 Å². The van der Waals surface area contributed by atoms with Crippen LogP contribution in [0.2, 0.25) is 0 Å². The SMILES string of the molecule is Cc1cccc(C)c1NC(=O)COC(=O)c1ccc(N2CCCCCC2)c([N+](=O)[O-])c1. The number of aryl methyl sites for hydroxylation is 2. The molecular formula is C23H27N3O5. The number of nitro benzene ring substituents is 1. The predicted octanol–water partition coefficient (Wildman–Crippen LogP) is 4.39. The lowest BCUT2D eigenvalue weighted by Crippen LogP contribution is -2.25. The molecule has 1 saturated heterocycles. The van der Waals surface area contributed by atoms with E-state index in [2.05, 4.69) is 5.32 Å². The average Bonchev–Trinajstić information content (AvgIpc) is 3.03. The van der Waals surface area contributed by atoms with Gasteiger partial charge in [-0.3, -0.25) is 14.9 Å². The molecule has 2 aromatic carbocycles. The van der Waals surface area contributed by atoms with E-state index in [1.165, 1.54) is 12.1 Å². The first-order chi connectivity index (χ1) is 14.9. The van der Waals surface area contributed by atoms with E-state index in [1.54, 1.807) is 6.07 Å². The highest BCUT2D eigenvalue weighted by atomic mass is 16.6. The molecule has 0 saturated carbocycles. The quantitative estimate of drug-likeness (QED) is 0.418. The Morgan fingerprint density at radius 2 is 1.71 bits per heavy atom. The summed E-state index contributed by atoms with van der Waals surface area (Å²) in [5.74, 6) is -1.25. The van der Waals surface area contributed by atoms with Crippen molar-refractivity contribution >= 4 is 28.9 Å². The fraction of sp³-hybridized carbons (Fsp3) is 0.391. The van der Waals surface area contributed by atoms with Gasteiger partial charge in [-0.1, -0.05) is 31.0 Å². The van der Waals surface area contributed by atoms with Gasteiger partial charge in [-0.2, -0.15) is 0 Å². The van der Waals surface area contributed by atoms with Crippen molar-refractivity contribution in [3.63, 3.8) is 0 Å². The van der Waals surface area contributed by atoms with Crippen molar-refractivity contribution in [2.24, 2.45) is 0 Å². The first-order valence-electron chi connectivity index (χ1n) is 10.4. The van der Waals surface area contributed by atoms with Gasteiger partial charge in [-0.25, -0.2) is 4.79 Å². The number of amides is 1. The summed E-state index contributed by atoms with van der Waals surface area (Å²) < 4.78 is 5.09. The van der Waals surface area contributed by atoms with Gasteiger partial charge in [0.05, 0.1) is 10.5 Å². The molecule has 1 N–H and O–H groups in total. The summed E-state index contributed by atoms with van der Waals surface area (Å²) in [4.78, 5) is 37.8. The number of hydrogen-bond donors (Lipinski definition) is 1. The number of hydrogen-bond acceptors (Lipinski definition) is 6. The van der Waals surface area contributed by atoms with Crippen LogP contribution in [0.1, 0.15) is 47.2 Å². The molecule has 0 atom stereocenters. The molecule has 0 aromatic heterocycles. The van der Waals surface area contributed by atoms with E-state index in [0.29, 0.717) is 11.4 Å². The molecule has 8 nitrogen and oxygen atoms in total. The maximum atomic E-state index is 12.4. The van der Waals surface area contributed by atoms with E-state index in [9.17, 15) is 19.7 Å². The normalized spacial score (nSPS) is 13.9. The Morgan fingerprint density at radius 1 is 1.06 bits per heavy atom. The smallest absolute Gasteiger partial charge is 0.338 e. The molecule has 2 aromatic rings. The number of nitrogens with one attached hydrogen (secondary N) is 1. The zero-order valence-electron chi connectivity index (χ0n) is 17.8. The Bertz CT molecular complexity index is 961. The molecule has 0 radical (unpaired) electrons. The van der Waals surface area contributed by atoms with Crippen molar-refractivity contribution in [2.45, 2.75) is 39.5 Å². The van der Waals surface area contributed by atoms with Crippen LogP contribution in [0.25, 0.3) is 0 Å². The summed E-state index contributed by atoms with van der Waals surface area (Å²) in [7, 11) is 0. The number of carbonyl (C=O) groups excluding carboxylic acids is 2. The zero-order chi connectivity index (χ0) is 22.4.